The van der Waals surface area contributed by atoms with Crippen LogP contribution in [0.2, 0.25) is 0 Å². The van der Waals surface area contributed by atoms with Crippen LogP contribution >= 0.6 is 0 Å². The summed E-state index contributed by atoms with van der Waals surface area (Å²) in [5.41, 5.74) is 3.39. The number of anilines is 3. The Bertz CT molecular complexity index is 448. The number of nitrogens with zero attached hydrogens (tertiary/aromatic N) is 1. The first-order valence-corrected chi connectivity index (χ1v) is 4.97. The average molecular weight is 197 g/mol. The summed E-state index contributed by atoms with van der Waals surface area (Å²) in [4.78, 5) is 4.33. The molecule has 1 aliphatic heterocycles. The zero-order chi connectivity index (χ0) is 10.1. The first-order chi connectivity index (χ1) is 7.43. The van der Waals surface area contributed by atoms with Crippen LogP contribution in [-0.4, -0.2) is 4.98 Å². The average Bonchev–Trinajstić information content (AvgIpc) is 2.48. The highest BCUT2D eigenvalue weighted by molar-refractivity contribution is 5.76. The van der Waals surface area contributed by atoms with Crippen molar-refractivity contribution in [2.75, 3.05) is 10.6 Å². The van der Waals surface area contributed by atoms with Crippen LogP contribution in [0.1, 0.15) is 5.56 Å². The third kappa shape index (κ3) is 1.42. The monoisotopic (exact) mass is 197 g/mol. The van der Waals surface area contributed by atoms with Crippen molar-refractivity contribution in [3.05, 3.63) is 48.2 Å². The summed E-state index contributed by atoms with van der Waals surface area (Å²) < 4.78 is 0. The van der Waals surface area contributed by atoms with Crippen LogP contribution in [0.15, 0.2) is 42.6 Å². The Hall–Kier alpha value is -2.03. The third-order valence-electron chi connectivity index (χ3n) is 2.54. The number of aromatic nitrogens is 1. The number of hydrogen-bond acceptors (Lipinski definition) is 3. The molecule has 0 bridgehead atoms. The minimum atomic E-state index is 0.813. The van der Waals surface area contributed by atoms with E-state index >= 15 is 0 Å². The fraction of sp³-hybridized carbons (Fsp3) is 0.0833. The van der Waals surface area contributed by atoms with E-state index in [9.17, 15) is 0 Å². The van der Waals surface area contributed by atoms with Gasteiger partial charge in [-0.25, -0.2) is 4.98 Å². The van der Waals surface area contributed by atoms with E-state index in [1.807, 2.05) is 24.3 Å². The van der Waals surface area contributed by atoms with Gasteiger partial charge >= 0.3 is 0 Å². The molecule has 0 amide bonds. The summed E-state index contributed by atoms with van der Waals surface area (Å²) in [6, 6.07) is 12.2. The summed E-state index contributed by atoms with van der Waals surface area (Å²) in [6.07, 6.45) is 1.81. The van der Waals surface area contributed by atoms with Gasteiger partial charge in [0.1, 0.15) is 5.82 Å². The molecule has 1 aromatic carbocycles. The number of pyridine rings is 1. The molecule has 0 saturated carbocycles. The van der Waals surface area contributed by atoms with Crippen LogP contribution in [0.4, 0.5) is 17.2 Å². The molecular weight excluding hydrogens is 186 g/mol. The Morgan fingerprint density at radius 3 is 2.80 bits per heavy atom. The predicted octanol–water partition coefficient (Wildman–Crippen LogP) is 2.75. The maximum atomic E-state index is 4.33. The van der Waals surface area contributed by atoms with E-state index in [4.69, 9.17) is 0 Å². The first-order valence-electron chi connectivity index (χ1n) is 4.97. The van der Waals surface area contributed by atoms with Crippen LogP contribution < -0.4 is 10.6 Å². The zero-order valence-electron chi connectivity index (χ0n) is 8.20. The van der Waals surface area contributed by atoms with Gasteiger partial charge in [0.2, 0.25) is 0 Å². The normalized spacial score (nSPS) is 12.8. The van der Waals surface area contributed by atoms with Crippen molar-refractivity contribution in [1.29, 1.82) is 0 Å². The minimum Gasteiger partial charge on any atom is -0.379 e. The van der Waals surface area contributed by atoms with Crippen LogP contribution in [0.3, 0.4) is 0 Å². The van der Waals surface area contributed by atoms with Crippen LogP contribution in [0, 0.1) is 0 Å². The maximum Gasteiger partial charge on any atom is 0.135 e. The van der Waals surface area contributed by atoms with Crippen LogP contribution in [0.25, 0.3) is 0 Å². The molecular formula is C12H11N3. The molecule has 3 heteroatoms. The first kappa shape index (κ1) is 8.29. The van der Waals surface area contributed by atoms with Gasteiger partial charge in [0.15, 0.2) is 0 Å². The largest absolute Gasteiger partial charge is 0.379 e. The van der Waals surface area contributed by atoms with E-state index in [0.717, 1.165) is 23.7 Å². The van der Waals surface area contributed by atoms with Crippen molar-refractivity contribution in [3.8, 4) is 0 Å². The second-order valence-electron chi connectivity index (χ2n) is 3.54. The molecule has 2 heterocycles. The second-order valence-corrected chi connectivity index (χ2v) is 3.54. The molecule has 3 nitrogen and oxygen atoms in total. The summed E-state index contributed by atoms with van der Waals surface area (Å²) >= 11 is 0. The van der Waals surface area contributed by atoms with Crippen molar-refractivity contribution < 1.29 is 0 Å². The quantitative estimate of drug-likeness (QED) is 0.681. The van der Waals surface area contributed by atoms with Crippen LogP contribution in [-0.2, 0) is 6.54 Å². The molecule has 0 fully saturated rings. The lowest BCUT2D eigenvalue weighted by atomic mass is 10.2. The van der Waals surface area contributed by atoms with Crippen LogP contribution in [0.5, 0.6) is 0 Å². The maximum absolute atomic E-state index is 4.33. The van der Waals surface area contributed by atoms with Gasteiger partial charge in [-0.1, -0.05) is 18.2 Å². The van der Waals surface area contributed by atoms with Gasteiger partial charge in [0.25, 0.3) is 0 Å². The highest BCUT2D eigenvalue weighted by Crippen LogP contribution is 2.29. The molecule has 15 heavy (non-hydrogen) atoms. The Morgan fingerprint density at radius 1 is 1.00 bits per heavy atom. The van der Waals surface area contributed by atoms with E-state index in [2.05, 4.69) is 27.8 Å². The number of fused-ring (bicyclic) bond motifs is 2. The number of nitrogens with one attached hydrogen (secondary N) is 2. The molecule has 0 spiro atoms. The highest BCUT2D eigenvalue weighted by Gasteiger charge is 2.10. The van der Waals surface area contributed by atoms with Gasteiger partial charge in [-0.2, -0.15) is 0 Å². The van der Waals surface area contributed by atoms with E-state index in [0.29, 0.717) is 0 Å². The molecule has 74 valence electrons. The molecule has 1 aliphatic rings. The summed E-state index contributed by atoms with van der Waals surface area (Å²) in [6.45, 7) is 0.813. The summed E-state index contributed by atoms with van der Waals surface area (Å²) in [5, 5.41) is 6.71. The third-order valence-corrected chi connectivity index (χ3v) is 2.54. The van der Waals surface area contributed by atoms with Gasteiger partial charge < -0.3 is 10.6 Å². The lowest BCUT2D eigenvalue weighted by molar-refractivity contribution is 1.14. The molecule has 1 aromatic heterocycles. The van der Waals surface area contributed by atoms with Crippen molar-refractivity contribution >= 4 is 17.2 Å². The topological polar surface area (TPSA) is 37.0 Å². The molecule has 0 saturated heterocycles. The summed E-state index contributed by atoms with van der Waals surface area (Å²) in [7, 11) is 0. The van der Waals surface area contributed by atoms with E-state index in [1.165, 1.54) is 5.56 Å². The number of hydrogen-bond donors (Lipinski definition) is 2. The van der Waals surface area contributed by atoms with Gasteiger partial charge in [-0.15, -0.1) is 0 Å². The van der Waals surface area contributed by atoms with Crippen molar-refractivity contribution in [3.63, 3.8) is 0 Å². The van der Waals surface area contributed by atoms with Gasteiger partial charge in [0.05, 0.1) is 11.4 Å². The smallest absolute Gasteiger partial charge is 0.135 e. The molecule has 0 unspecified atom stereocenters. The fourth-order valence-electron chi connectivity index (χ4n) is 1.76. The van der Waals surface area contributed by atoms with E-state index in [-0.39, 0.29) is 0 Å². The van der Waals surface area contributed by atoms with E-state index in [1.54, 1.807) is 6.20 Å². The Kier molecular flexibility index (Phi) is 1.81. The molecule has 0 aliphatic carbocycles. The lowest BCUT2D eigenvalue weighted by Gasteiger charge is -2.06. The predicted molar refractivity (Wildman–Crippen MR) is 61.3 cm³/mol. The van der Waals surface area contributed by atoms with Gasteiger partial charge in [0, 0.05) is 18.3 Å². The Labute approximate surface area is 88.2 Å². The number of rotatable bonds is 0. The molecule has 3 rings (SSSR count). The molecule has 2 aromatic rings. The lowest BCUT2D eigenvalue weighted by Crippen LogP contribution is -1.97. The molecule has 2 N–H and O–H groups in total. The standard InChI is InChI=1S/C12H11N3/c1-2-6-11-10(5-1)14-8-9-4-3-7-13-12(9)15-11/h1-7,14H,8H2,(H,13,15). The van der Waals surface area contributed by atoms with Gasteiger partial charge in [-0.3, -0.25) is 0 Å². The summed E-state index contributed by atoms with van der Waals surface area (Å²) in [5.74, 6) is 0.940. The zero-order valence-corrected chi connectivity index (χ0v) is 8.20. The van der Waals surface area contributed by atoms with Crippen molar-refractivity contribution in [2.45, 2.75) is 6.54 Å². The van der Waals surface area contributed by atoms with E-state index < -0.39 is 0 Å². The Balaban J connectivity index is 2.10. The highest BCUT2D eigenvalue weighted by atomic mass is 15.0. The van der Waals surface area contributed by atoms with Crippen molar-refractivity contribution in [1.82, 2.24) is 4.98 Å². The molecule has 0 atom stereocenters. The SMILES string of the molecule is c1cnc2c(c1)CNc1ccccc1N2. The van der Waals surface area contributed by atoms with Crippen molar-refractivity contribution in [2.24, 2.45) is 0 Å². The number of benzene rings is 1. The minimum absolute atomic E-state index is 0.813. The Morgan fingerprint density at radius 2 is 1.87 bits per heavy atom. The molecule has 0 radical (unpaired) electrons. The van der Waals surface area contributed by atoms with Gasteiger partial charge in [-0.05, 0) is 18.2 Å². The second kappa shape index (κ2) is 3.28. The fourth-order valence-corrected chi connectivity index (χ4v) is 1.76. The number of para-hydroxylation sites is 2.